The third-order valence-corrected chi connectivity index (χ3v) is 5.45. The number of likely N-dealkylation sites (tertiary alicyclic amines) is 1. The van der Waals surface area contributed by atoms with Crippen molar-refractivity contribution in [2.24, 2.45) is 0 Å². The van der Waals surface area contributed by atoms with Crippen molar-refractivity contribution in [1.82, 2.24) is 19.8 Å². The lowest BCUT2D eigenvalue weighted by Gasteiger charge is -2.31. The van der Waals surface area contributed by atoms with Crippen LogP contribution in [0.1, 0.15) is 51.1 Å². The van der Waals surface area contributed by atoms with Crippen LogP contribution in [0.15, 0.2) is 30.7 Å². The third-order valence-electron chi connectivity index (χ3n) is 5.45. The highest BCUT2D eigenvalue weighted by molar-refractivity contribution is 5.84. The molecule has 11 heteroatoms. The summed E-state index contributed by atoms with van der Waals surface area (Å²) < 4.78 is 27.9. The van der Waals surface area contributed by atoms with E-state index in [-0.39, 0.29) is 17.9 Å². The summed E-state index contributed by atoms with van der Waals surface area (Å²) in [6.45, 7) is 5.08. The molecule has 0 spiro atoms. The number of piperidine rings is 1. The Morgan fingerprint density at radius 3 is 2.29 bits per heavy atom. The van der Waals surface area contributed by atoms with Gasteiger partial charge >= 0.3 is 5.97 Å². The number of hydrogen-bond acceptors (Lipinski definition) is 5. The molecule has 0 aliphatic carbocycles. The molecule has 2 amide bonds. The van der Waals surface area contributed by atoms with Gasteiger partial charge in [0.2, 0.25) is 11.8 Å². The number of imidazole rings is 1. The fourth-order valence-corrected chi connectivity index (χ4v) is 3.72. The van der Waals surface area contributed by atoms with Gasteiger partial charge in [-0.05, 0) is 37.0 Å². The standard InChI is InChI=1S/C13H15F2NO3.C10H16N4O/c1-2-3-11(13(18)19)16-12(17)6-8-4-9(14)7-10(15)5-8;1-8(15)13-4-2-9(3-5-13)14-6-10(11)12-7-14/h4-5,7,11H,2-3,6H2,1H3,(H,16,17)(H,18,19);6-7,9H,2-5,11H2,1H3. The first-order valence-corrected chi connectivity index (χ1v) is 11.1. The number of amides is 2. The summed E-state index contributed by atoms with van der Waals surface area (Å²) in [7, 11) is 0. The monoisotopic (exact) mass is 479 g/mol. The molecule has 0 saturated carbocycles. The highest BCUT2D eigenvalue weighted by Gasteiger charge is 2.22. The van der Waals surface area contributed by atoms with Gasteiger partial charge in [-0.15, -0.1) is 0 Å². The van der Waals surface area contributed by atoms with Crippen molar-refractivity contribution in [3.8, 4) is 0 Å². The molecule has 1 aliphatic rings. The van der Waals surface area contributed by atoms with Crippen LogP contribution in [-0.2, 0) is 20.8 Å². The molecule has 4 N–H and O–H groups in total. The normalized spacial score (nSPS) is 14.6. The number of nitrogen functional groups attached to an aromatic ring is 1. The maximum atomic E-state index is 12.9. The van der Waals surface area contributed by atoms with E-state index in [1.54, 1.807) is 20.2 Å². The SMILES string of the molecule is CC(=O)N1CCC(n2cnc(N)c2)CC1.CCCC(NC(=O)Cc1cc(F)cc(F)c1)C(=O)O. The molecule has 186 valence electrons. The lowest BCUT2D eigenvalue weighted by molar-refractivity contribution is -0.142. The van der Waals surface area contributed by atoms with Crippen molar-refractivity contribution < 1.29 is 28.3 Å². The molecular formula is C23H31F2N5O4. The van der Waals surface area contributed by atoms with Crippen molar-refractivity contribution >= 4 is 23.6 Å². The summed E-state index contributed by atoms with van der Waals surface area (Å²) >= 11 is 0. The van der Waals surface area contributed by atoms with Gasteiger partial charge in [0.1, 0.15) is 23.5 Å². The summed E-state index contributed by atoms with van der Waals surface area (Å²) in [4.78, 5) is 39.5. The van der Waals surface area contributed by atoms with E-state index in [1.807, 2.05) is 15.7 Å². The average Bonchev–Trinajstić information content (AvgIpc) is 3.19. The first kappa shape index (κ1) is 26.7. The number of nitrogens with zero attached hydrogens (tertiary/aromatic N) is 3. The number of halogens is 2. The number of carboxylic acids is 1. The van der Waals surface area contributed by atoms with Gasteiger partial charge in [-0.2, -0.15) is 0 Å². The number of aromatic nitrogens is 2. The Labute approximate surface area is 196 Å². The van der Waals surface area contributed by atoms with Crippen molar-refractivity contribution in [1.29, 1.82) is 0 Å². The van der Waals surface area contributed by atoms with E-state index in [0.29, 0.717) is 30.8 Å². The molecular weight excluding hydrogens is 448 g/mol. The third kappa shape index (κ3) is 8.45. The summed E-state index contributed by atoms with van der Waals surface area (Å²) in [5.41, 5.74) is 5.73. The summed E-state index contributed by atoms with van der Waals surface area (Å²) in [6, 6.07) is 2.25. The Balaban J connectivity index is 0.000000246. The van der Waals surface area contributed by atoms with E-state index < -0.39 is 29.6 Å². The van der Waals surface area contributed by atoms with Gasteiger partial charge in [0, 0.05) is 38.3 Å². The summed E-state index contributed by atoms with van der Waals surface area (Å²) in [5, 5.41) is 11.2. The lowest BCUT2D eigenvalue weighted by Crippen LogP contribution is -2.41. The second-order valence-corrected chi connectivity index (χ2v) is 8.18. The fraction of sp³-hybridized carbons (Fsp3) is 0.478. The van der Waals surface area contributed by atoms with E-state index in [4.69, 9.17) is 10.8 Å². The molecule has 1 atom stereocenters. The Bertz CT molecular complexity index is 969. The molecule has 0 bridgehead atoms. The van der Waals surface area contributed by atoms with Crippen molar-refractivity contribution in [3.05, 3.63) is 47.9 Å². The molecule has 2 aromatic rings. The fourth-order valence-electron chi connectivity index (χ4n) is 3.72. The molecule has 3 rings (SSSR count). The second kappa shape index (κ2) is 12.7. The zero-order valence-corrected chi connectivity index (χ0v) is 19.3. The zero-order valence-electron chi connectivity index (χ0n) is 19.3. The smallest absolute Gasteiger partial charge is 0.326 e. The van der Waals surface area contributed by atoms with Crippen LogP contribution >= 0.6 is 0 Å². The van der Waals surface area contributed by atoms with Crippen molar-refractivity contribution in [2.45, 2.75) is 58.0 Å². The Kier molecular flexibility index (Phi) is 9.96. The number of hydrogen-bond donors (Lipinski definition) is 3. The average molecular weight is 480 g/mol. The number of carboxylic acid groups (broad SMARTS) is 1. The second-order valence-electron chi connectivity index (χ2n) is 8.18. The minimum atomic E-state index is -1.12. The van der Waals surface area contributed by atoms with Crippen LogP contribution in [0.2, 0.25) is 0 Å². The maximum Gasteiger partial charge on any atom is 0.326 e. The quantitative estimate of drug-likeness (QED) is 0.559. The molecule has 1 saturated heterocycles. The van der Waals surface area contributed by atoms with Crippen LogP contribution in [0.25, 0.3) is 0 Å². The number of rotatable bonds is 7. The van der Waals surface area contributed by atoms with Gasteiger partial charge in [-0.1, -0.05) is 13.3 Å². The zero-order chi connectivity index (χ0) is 25.3. The molecule has 1 unspecified atom stereocenters. The van der Waals surface area contributed by atoms with E-state index in [0.717, 1.165) is 38.1 Å². The van der Waals surface area contributed by atoms with E-state index in [9.17, 15) is 23.2 Å². The van der Waals surface area contributed by atoms with E-state index >= 15 is 0 Å². The minimum absolute atomic E-state index is 0.163. The minimum Gasteiger partial charge on any atom is -0.480 e. The van der Waals surface area contributed by atoms with Crippen LogP contribution in [0.3, 0.4) is 0 Å². The first-order chi connectivity index (χ1) is 16.1. The van der Waals surface area contributed by atoms with Crippen LogP contribution in [0.4, 0.5) is 14.6 Å². The van der Waals surface area contributed by atoms with E-state index in [2.05, 4.69) is 10.3 Å². The molecule has 0 radical (unpaired) electrons. The molecule has 1 aliphatic heterocycles. The predicted molar refractivity (Wildman–Crippen MR) is 122 cm³/mol. The van der Waals surface area contributed by atoms with Gasteiger partial charge < -0.3 is 25.6 Å². The molecule has 1 fully saturated rings. The summed E-state index contributed by atoms with van der Waals surface area (Å²) in [5.74, 6) is -2.52. The van der Waals surface area contributed by atoms with Crippen LogP contribution < -0.4 is 11.1 Å². The molecule has 9 nitrogen and oxygen atoms in total. The van der Waals surface area contributed by atoms with Gasteiger partial charge in [-0.3, -0.25) is 9.59 Å². The Hall–Kier alpha value is -3.50. The summed E-state index contributed by atoms with van der Waals surface area (Å²) in [6.07, 6.45) is 6.23. The number of carbonyl (C=O) groups is 3. The molecule has 2 heterocycles. The Morgan fingerprint density at radius 1 is 1.21 bits per heavy atom. The van der Waals surface area contributed by atoms with Gasteiger partial charge in [-0.25, -0.2) is 18.6 Å². The van der Waals surface area contributed by atoms with Crippen LogP contribution in [0, 0.1) is 11.6 Å². The first-order valence-electron chi connectivity index (χ1n) is 11.1. The molecule has 1 aromatic heterocycles. The Morgan fingerprint density at radius 2 is 1.82 bits per heavy atom. The molecule has 34 heavy (non-hydrogen) atoms. The van der Waals surface area contributed by atoms with E-state index in [1.165, 1.54) is 0 Å². The van der Waals surface area contributed by atoms with Gasteiger partial charge in [0.25, 0.3) is 0 Å². The van der Waals surface area contributed by atoms with Crippen molar-refractivity contribution in [2.75, 3.05) is 18.8 Å². The number of carbonyl (C=O) groups excluding carboxylic acids is 2. The van der Waals surface area contributed by atoms with Crippen LogP contribution in [0.5, 0.6) is 0 Å². The predicted octanol–water partition coefficient (Wildman–Crippen LogP) is 2.53. The number of nitrogens with two attached hydrogens (primary N) is 1. The van der Waals surface area contributed by atoms with Gasteiger partial charge in [0.05, 0.1) is 12.7 Å². The number of nitrogens with one attached hydrogen (secondary N) is 1. The highest BCUT2D eigenvalue weighted by Crippen LogP contribution is 2.22. The lowest BCUT2D eigenvalue weighted by atomic mass is 10.1. The highest BCUT2D eigenvalue weighted by atomic mass is 19.1. The number of benzene rings is 1. The van der Waals surface area contributed by atoms with Gasteiger partial charge in [0.15, 0.2) is 0 Å². The maximum absolute atomic E-state index is 12.9. The van der Waals surface area contributed by atoms with Crippen LogP contribution in [-0.4, -0.2) is 56.5 Å². The molecule has 1 aromatic carbocycles. The largest absolute Gasteiger partial charge is 0.480 e. The van der Waals surface area contributed by atoms with Crippen molar-refractivity contribution in [3.63, 3.8) is 0 Å². The number of aliphatic carboxylic acids is 1. The topological polar surface area (TPSA) is 131 Å². The number of anilines is 1.